The number of nitrogens with zero attached hydrogens (tertiary/aromatic N) is 4. The average Bonchev–Trinajstić information content (AvgIpc) is 3.07. The number of carbonyl (C=O) groups is 2. The molecule has 2 amide bonds. The maximum atomic E-state index is 13.6. The molecule has 10 heteroatoms. The molecule has 2 aromatic carbocycles. The van der Waals surface area contributed by atoms with Crippen LogP contribution >= 0.6 is 11.8 Å². The highest BCUT2D eigenvalue weighted by atomic mass is 32.2. The van der Waals surface area contributed by atoms with Crippen molar-refractivity contribution in [2.24, 2.45) is 0 Å². The van der Waals surface area contributed by atoms with E-state index in [-0.39, 0.29) is 18.1 Å². The lowest BCUT2D eigenvalue weighted by Gasteiger charge is -2.31. The van der Waals surface area contributed by atoms with E-state index in [1.807, 2.05) is 100 Å². The van der Waals surface area contributed by atoms with Crippen LogP contribution in [0.25, 0.3) is 0 Å². The van der Waals surface area contributed by atoms with Crippen LogP contribution in [0, 0.1) is 0 Å². The molecule has 0 bridgehead atoms. The van der Waals surface area contributed by atoms with E-state index >= 15 is 0 Å². The Kier molecular flexibility index (Phi) is 9.55. The van der Waals surface area contributed by atoms with Gasteiger partial charge in [0.1, 0.15) is 11.4 Å². The summed E-state index contributed by atoms with van der Waals surface area (Å²) in [6, 6.07) is 17.8. The molecule has 1 atom stereocenters. The van der Waals surface area contributed by atoms with Gasteiger partial charge in [-0.25, -0.2) is 14.8 Å². The molecule has 1 aliphatic heterocycles. The second-order valence-electron chi connectivity index (χ2n) is 11.3. The molecular formula is C31H39N5O4S. The summed E-state index contributed by atoms with van der Waals surface area (Å²) in [5.41, 5.74) is 2.11. The molecule has 4 rings (SSSR count). The Morgan fingerprint density at radius 3 is 2.54 bits per heavy atom. The van der Waals surface area contributed by atoms with E-state index < -0.39 is 11.7 Å². The summed E-state index contributed by atoms with van der Waals surface area (Å²) in [5.74, 6) is 0.517. The Balaban J connectivity index is 1.50. The molecule has 1 aliphatic rings. The first-order valence-corrected chi connectivity index (χ1v) is 14.9. The zero-order chi connectivity index (χ0) is 29.6. The van der Waals surface area contributed by atoms with Crippen molar-refractivity contribution in [3.63, 3.8) is 0 Å². The van der Waals surface area contributed by atoms with Gasteiger partial charge in [-0.3, -0.25) is 4.79 Å². The fraction of sp³-hybridized carbons (Fsp3) is 0.419. The summed E-state index contributed by atoms with van der Waals surface area (Å²) < 4.78 is 12.0. The first-order valence-electron chi connectivity index (χ1n) is 13.7. The number of thioether (sulfide) groups is 1. The van der Waals surface area contributed by atoms with Crippen molar-refractivity contribution >= 4 is 35.3 Å². The largest absolute Gasteiger partial charge is 0.449 e. The third-order valence-electron chi connectivity index (χ3n) is 6.88. The number of ether oxygens (including phenoxy) is 2. The van der Waals surface area contributed by atoms with Crippen molar-refractivity contribution in [1.82, 2.24) is 15.3 Å². The minimum atomic E-state index is -0.703. The van der Waals surface area contributed by atoms with Gasteiger partial charge in [-0.05, 0) is 57.2 Å². The highest BCUT2D eigenvalue weighted by molar-refractivity contribution is 7.98. The number of nitrogens with one attached hydrogen (secondary N) is 1. The van der Waals surface area contributed by atoms with E-state index in [9.17, 15) is 9.59 Å². The number of fused-ring (bicyclic) bond motifs is 1. The Labute approximate surface area is 246 Å². The fourth-order valence-corrected chi connectivity index (χ4v) is 4.91. The van der Waals surface area contributed by atoms with Gasteiger partial charge >= 0.3 is 6.09 Å². The Bertz CT molecular complexity index is 1360. The molecule has 41 heavy (non-hydrogen) atoms. The van der Waals surface area contributed by atoms with Gasteiger partial charge in [0.25, 0.3) is 5.91 Å². The molecule has 9 nitrogen and oxygen atoms in total. The van der Waals surface area contributed by atoms with Crippen LogP contribution < -0.4 is 15.1 Å². The van der Waals surface area contributed by atoms with E-state index in [1.165, 1.54) is 11.8 Å². The van der Waals surface area contributed by atoms with Crippen molar-refractivity contribution in [2.75, 3.05) is 42.8 Å². The van der Waals surface area contributed by atoms with E-state index in [0.29, 0.717) is 42.7 Å². The van der Waals surface area contributed by atoms with E-state index in [1.54, 1.807) is 11.1 Å². The predicted octanol–water partition coefficient (Wildman–Crippen LogP) is 5.64. The lowest BCUT2D eigenvalue weighted by Crippen LogP contribution is -2.41. The lowest BCUT2D eigenvalue weighted by atomic mass is 9.92. The third-order valence-corrected chi connectivity index (χ3v) is 7.44. The monoisotopic (exact) mass is 577 g/mol. The van der Waals surface area contributed by atoms with Crippen molar-refractivity contribution in [2.45, 2.75) is 57.0 Å². The summed E-state index contributed by atoms with van der Waals surface area (Å²) in [6.07, 6.45) is 3.55. The minimum absolute atomic E-state index is 0.130. The average molecular weight is 578 g/mol. The maximum absolute atomic E-state index is 13.6. The van der Waals surface area contributed by atoms with Crippen LogP contribution in [0.1, 0.15) is 55.6 Å². The first kappa shape index (κ1) is 30.3. The number of hydrogen-bond acceptors (Lipinski definition) is 8. The normalized spacial score (nSPS) is 15.1. The lowest BCUT2D eigenvalue weighted by molar-refractivity contribution is -0.0634. The number of anilines is 2. The SMILES string of the molecule is CSc1ncc2c(n1)N(C)CCN(c1cccc(COC(C)(CCOC(=O)NC(C)(C)C)c3ccccc3)c1)C2=O. The van der Waals surface area contributed by atoms with Gasteiger partial charge in [0.05, 0.1) is 18.8 Å². The third kappa shape index (κ3) is 7.77. The van der Waals surface area contributed by atoms with E-state index in [2.05, 4.69) is 15.3 Å². The van der Waals surface area contributed by atoms with Crippen LogP contribution in [0.15, 0.2) is 66.0 Å². The molecule has 1 N–H and O–H groups in total. The van der Waals surface area contributed by atoms with Gasteiger partial charge in [-0.2, -0.15) is 0 Å². The van der Waals surface area contributed by atoms with Gasteiger partial charge in [0.2, 0.25) is 0 Å². The summed E-state index contributed by atoms with van der Waals surface area (Å²) in [6.45, 7) is 9.39. The van der Waals surface area contributed by atoms with Crippen LogP contribution in [-0.2, 0) is 21.7 Å². The van der Waals surface area contributed by atoms with Crippen LogP contribution in [0.2, 0.25) is 0 Å². The molecule has 0 aliphatic carbocycles. The highest BCUT2D eigenvalue weighted by Crippen LogP contribution is 2.32. The number of amides is 2. The summed E-state index contributed by atoms with van der Waals surface area (Å²) in [4.78, 5) is 38.5. The van der Waals surface area contributed by atoms with Gasteiger partial charge in [-0.1, -0.05) is 54.2 Å². The van der Waals surface area contributed by atoms with Crippen LogP contribution in [0.4, 0.5) is 16.3 Å². The molecule has 0 radical (unpaired) electrons. The van der Waals surface area contributed by atoms with E-state index in [4.69, 9.17) is 9.47 Å². The molecule has 0 saturated heterocycles. The van der Waals surface area contributed by atoms with Crippen molar-refractivity contribution in [3.05, 3.63) is 77.5 Å². The van der Waals surface area contributed by atoms with Gasteiger partial charge < -0.3 is 24.6 Å². The molecule has 218 valence electrons. The van der Waals surface area contributed by atoms with Crippen LogP contribution in [0.5, 0.6) is 0 Å². The highest BCUT2D eigenvalue weighted by Gasteiger charge is 2.30. The number of benzene rings is 2. The fourth-order valence-electron chi connectivity index (χ4n) is 4.57. The molecule has 1 unspecified atom stereocenters. The molecular weight excluding hydrogens is 538 g/mol. The number of carbonyl (C=O) groups excluding carboxylic acids is 2. The maximum Gasteiger partial charge on any atom is 0.407 e. The Morgan fingerprint density at radius 2 is 1.83 bits per heavy atom. The smallest absolute Gasteiger partial charge is 0.407 e. The predicted molar refractivity (Wildman–Crippen MR) is 163 cm³/mol. The summed E-state index contributed by atoms with van der Waals surface area (Å²) in [5, 5.41) is 3.45. The Hall–Kier alpha value is -3.63. The summed E-state index contributed by atoms with van der Waals surface area (Å²) in [7, 11) is 1.94. The van der Waals surface area contributed by atoms with Crippen molar-refractivity contribution in [1.29, 1.82) is 0 Å². The second kappa shape index (κ2) is 12.9. The minimum Gasteiger partial charge on any atom is -0.449 e. The van der Waals surface area contributed by atoms with Gasteiger partial charge in [0.15, 0.2) is 5.16 Å². The van der Waals surface area contributed by atoms with Crippen molar-refractivity contribution < 1.29 is 19.1 Å². The Morgan fingerprint density at radius 1 is 1.07 bits per heavy atom. The van der Waals surface area contributed by atoms with Crippen molar-refractivity contribution in [3.8, 4) is 0 Å². The number of hydrogen-bond donors (Lipinski definition) is 1. The molecule has 0 fully saturated rings. The van der Waals surface area contributed by atoms with E-state index in [0.717, 1.165) is 16.8 Å². The number of rotatable bonds is 9. The van der Waals surface area contributed by atoms with Crippen LogP contribution in [-0.4, -0.2) is 60.5 Å². The molecule has 3 aromatic rings. The van der Waals surface area contributed by atoms with Crippen LogP contribution in [0.3, 0.4) is 0 Å². The standard InChI is InChI=1S/C31H39N5O4S/c1-30(2,3)34-29(38)39-18-15-31(4,23-12-8-7-9-13-23)40-21-22-11-10-14-24(19-22)36-17-16-35(5)26-25(27(36)37)20-32-28(33-26)41-6/h7-14,19-20H,15-18,21H2,1-6H3,(H,34,38). The topological polar surface area (TPSA) is 96.9 Å². The molecule has 2 heterocycles. The zero-order valence-corrected chi connectivity index (χ0v) is 25.5. The van der Waals surface area contributed by atoms with Gasteiger partial charge in [0, 0.05) is 44.0 Å². The number of likely N-dealkylation sites (N-methyl/N-ethyl adjacent to an activating group) is 1. The number of alkyl carbamates (subject to hydrolysis) is 1. The quantitative estimate of drug-likeness (QED) is 0.258. The molecule has 0 saturated carbocycles. The first-order chi connectivity index (χ1) is 19.5. The van der Waals surface area contributed by atoms with Gasteiger partial charge in [-0.15, -0.1) is 0 Å². The molecule has 0 spiro atoms. The number of aromatic nitrogens is 2. The summed E-state index contributed by atoms with van der Waals surface area (Å²) >= 11 is 1.45. The zero-order valence-electron chi connectivity index (χ0n) is 24.6. The second-order valence-corrected chi connectivity index (χ2v) is 12.1. The molecule has 1 aromatic heterocycles.